The molecule has 0 aliphatic heterocycles. The number of aromatic nitrogens is 1. The van der Waals surface area contributed by atoms with Crippen LogP contribution >= 0.6 is 0 Å². The standard InChI is InChI=1S/C8H8F2N2O/c1-4(11)8(13)7-5(9)2-12-3-6(7)10/h2-4H,11H2,1H3. The molecule has 1 atom stereocenters. The second-order valence-corrected chi connectivity index (χ2v) is 2.63. The van der Waals surface area contributed by atoms with Crippen LogP contribution in [0.25, 0.3) is 0 Å². The van der Waals surface area contributed by atoms with Gasteiger partial charge in [0.05, 0.1) is 24.0 Å². The average molecular weight is 186 g/mol. The first kappa shape index (κ1) is 9.73. The molecule has 0 saturated carbocycles. The van der Waals surface area contributed by atoms with Crippen LogP contribution in [0.15, 0.2) is 12.4 Å². The highest BCUT2D eigenvalue weighted by Crippen LogP contribution is 2.11. The van der Waals surface area contributed by atoms with Gasteiger partial charge in [-0.2, -0.15) is 0 Å². The topological polar surface area (TPSA) is 56.0 Å². The summed E-state index contributed by atoms with van der Waals surface area (Å²) >= 11 is 0. The summed E-state index contributed by atoms with van der Waals surface area (Å²) in [5.41, 5.74) is 4.58. The van der Waals surface area contributed by atoms with Crippen LogP contribution in [0.5, 0.6) is 0 Å². The molecule has 1 unspecified atom stereocenters. The van der Waals surface area contributed by atoms with Gasteiger partial charge in [-0.05, 0) is 6.92 Å². The zero-order valence-corrected chi connectivity index (χ0v) is 6.92. The molecular formula is C8H8F2N2O. The number of nitrogens with zero attached hydrogens (tertiary/aromatic N) is 1. The highest BCUT2D eigenvalue weighted by molar-refractivity contribution is 6.00. The van der Waals surface area contributed by atoms with Crippen LogP contribution in [-0.2, 0) is 0 Å². The number of pyridine rings is 1. The number of halogens is 2. The summed E-state index contributed by atoms with van der Waals surface area (Å²) in [6.45, 7) is 1.36. The molecule has 1 rings (SSSR count). The molecule has 13 heavy (non-hydrogen) atoms. The van der Waals surface area contributed by atoms with Gasteiger partial charge in [0.1, 0.15) is 0 Å². The maximum atomic E-state index is 12.9. The van der Waals surface area contributed by atoms with Crippen LogP contribution in [0.2, 0.25) is 0 Å². The third-order valence-electron chi connectivity index (χ3n) is 1.51. The van der Waals surface area contributed by atoms with Crippen LogP contribution in [0.1, 0.15) is 17.3 Å². The van der Waals surface area contributed by atoms with Crippen LogP contribution in [0.4, 0.5) is 8.78 Å². The summed E-state index contributed by atoms with van der Waals surface area (Å²) in [6.07, 6.45) is 1.55. The van der Waals surface area contributed by atoms with E-state index >= 15 is 0 Å². The lowest BCUT2D eigenvalue weighted by Crippen LogP contribution is -2.28. The van der Waals surface area contributed by atoms with Gasteiger partial charge in [-0.25, -0.2) is 8.78 Å². The van der Waals surface area contributed by atoms with E-state index in [1.165, 1.54) is 6.92 Å². The van der Waals surface area contributed by atoms with Crippen LogP contribution in [-0.4, -0.2) is 16.8 Å². The normalized spacial score (nSPS) is 12.6. The lowest BCUT2D eigenvalue weighted by Gasteiger charge is -2.05. The van der Waals surface area contributed by atoms with Gasteiger partial charge in [-0.15, -0.1) is 0 Å². The molecule has 0 spiro atoms. The zero-order chi connectivity index (χ0) is 10.0. The minimum atomic E-state index is -0.984. The number of ketones is 1. The van der Waals surface area contributed by atoms with Gasteiger partial charge in [0.15, 0.2) is 17.4 Å². The molecular weight excluding hydrogens is 178 g/mol. The molecule has 1 heterocycles. The molecule has 3 nitrogen and oxygen atoms in total. The van der Waals surface area contributed by atoms with Crippen LogP contribution in [0.3, 0.4) is 0 Å². The Hall–Kier alpha value is -1.36. The molecule has 1 aromatic heterocycles. The lowest BCUT2D eigenvalue weighted by molar-refractivity contribution is 0.0959. The SMILES string of the molecule is CC(N)C(=O)c1c(F)cncc1F. The summed E-state index contributed by atoms with van der Waals surface area (Å²) in [7, 11) is 0. The molecule has 1 aromatic rings. The van der Waals surface area contributed by atoms with Crippen LogP contribution in [0, 0.1) is 11.6 Å². The van der Waals surface area contributed by atoms with E-state index in [1.807, 2.05) is 0 Å². The van der Waals surface area contributed by atoms with Gasteiger partial charge in [0.2, 0.25) is 0 Å². The molecule has 0 saturated heterocycles. The first-order valence-electron chi connectivity index (χ1n) is 3.63. The number of hydrogen-bond donors (Lipinski definition) is 1. The predicted molar refractivity (Wildman–Crippen MR) is 42.1 cm³/mol. The van der Waals surface area contributed by atoms with Gasteiger partial charge in [-0.3, -0.25) is 9.78 Å². The maximum Gasteiger partial charge on any atom is 0.185 e. The number of rotatable bonds is 2. The fraction of sp³-hybridized carbons (Fsp3) is 0.250. The summed E-state index contributed by atoms with van der Waals surface area (Å²) in [4.78, 5) is 14.4. The fourth-order valence-electron chi connectivity index (χ4n) is 0.874. The molecule has 0 bridgehead atoms. The van der Waals surface area contributed by atoms with Crippen molar-refractivity contribution in [3.05, 3.63) is 29.6 Å². The smallest absolute Gasteiger partial charge is 0.185 e. The summed E-state index contributed by atoms with van der Waals surface area (Å²) < 4.78 is 25.8. The summed E-state index contributed by atoms with van der Waals surface area (Å²) in [5, 5.41) is 0. The van der Waals surface area contributed by atoms with Gasteiger partial charge in [-0.1, -0.05) is 0 Å². The number of hydrogen-bond acceptors (Lipinski definition) is 3. The third-order valence-corrected chi connectivity index (χ3v) is 1.51. The van der Waals surface area contributed by atoms with Crippen LogP contribution < -0.4 is 5.73 Å². The molecule has 0 fully saturated rings. The maximum absolute atomic E-state index is 12.9. The van der Waals surface area contributed by atoms with Crippen molar-refractivity contribution in [1.29, 1.82) is 0 Å². The first-order valence-corrected chi connectivity index (χ1v) is 3.63. The Morgan fingerprint density at radius 2 is 1.92 bits per heavy atom. The van der Waals surface area contributed by atoms with E-state index < -0.39 is 29.0 Å². The molecule has 5 heteroatoms. The van der Waals surface area contributed by atoms with E-state index in [0.29, 0.717) is 0 Å². The number of carbonyl (C=O) groups is 1. The Balaban J connectivity index is 3.20. The second kappa shape index (κ2) is 3.57. The number of carbonyl (C=O) groups excluding carboxylic acids is 1. The second-order valence-electron chi connectivity index (χ2n) is 2.63. The molecule has 0 aliphatic rings. The van der Waals surface area contributed by atoms with Crippen molar-refractivity contribution in [2.24, 2.45) is 5.73 Å². The summed E-state index contributed by atoms with van der Waals surface area (Å²) in [6, 6.07) is -0.925. The van der Waals surface area contributed by atoms with E-state index in [4.69, 9.17) is 5.73 Å². The van der Waals surface area contributed by atoms with Gasteiger partial charge >= 0.3 is 0 Å². The molecule has 0 aromatic carbocycles. The Labute approximate surface area is 73.6 Å². The van der Waals surface area contributed by atoms with E-state index in [1.54, 1.807) is 0 Å². The number of Topliss-reactive ketones (excluding diaryl/α,β-unsaturated/α-hetero) is 1. The molecule has 2 N–H and O–H groups in total. The minimum Gasteiger partial charge on any atom is -0.321 e. The van der Waals surface area contributed by atoms with E-state index in [-0.39, 0.29) is 0 Å². The van der Waals surface area contributed by atoms with Gasteiger partial charge in [0.25, 0.3) is 0 Å². The Bertz CT molecular complexity index is 319. The Morgan fingerprint density at radius 1 is 1.46 bits per heavy atom. The molecule has 0 aliphatic carbocycles. The quantitative estimate of drug-likeness (QED) is 0.698. The van der Waals surface area contributed by atoms with E-state index in [9.17, 15) is 13.6 Å². The Morgan fingerprint density at radius 3 is 2.31 bits per heavy atom. The van der Waals surface area contributed by atoms with Crippen molar-refractivity contribution in [3.8, 4) is 0 Å². The van der Waals surface area contributed by atoms with Gasteiger partial charge < -0.3 is 5.73 Å². The summed E-state index contributed by atoms with van der Waals surface area (Å²) in [5.74, 6) is -2.73. The number of nitrogens with two attached hydrogens (primary N) is 1. The third kappa shape index (κ3) is 1.86. The van der Waals surface area contributed by atoms with Crippen molar-refractivity contribution in [3.63, 3.8) is 0 Å². The van der Waals surface area contributed by atoms with E-state index in [0.717, 1.165) is 12.4 Å². The van der Waals surface area contributed by atoms with Crippen molar-refractivity contribution in [1.82, 2.24) is 4.98 Å². The first-order chi connectivity index (χ1) is 6.04. The minimum absolute atomic E-state index is 0.620. The monoisotopic (exact) mass is 186 g/mol. The highest BCUT2D eigenvalue weighted by atomic mass is 19.1. The van der Waals surface area contributed by atoms with Gasteiger partial charge in [0, 0.05) is 0 Å². The average Bonchev–Trinajstić information content (AvgIpc) is 2.03. The Kier molecular flexibility index (Phi) is 2.67. The van der Waals surface area contributed by atoms with Crippen molar-refractivity contribution in [2.45, 2.75) is 13.0 Å². The van der Waals surface area contributed by atoms with Crippen molar-refractivity contribution < 1.29 is 13.6 Å². The van der Waals surface area contributed by atoms with Crippen molar-refractivity contribution in [2.75, 3.05) is 0 Å². The zero-order valence-electron chi connectivity index (χ0n) is 6.92. The highest BCUT2D eigenvalue weighted by Gasteiger charge is 2.20. The molecule has 0 amide bonds. The van der Waals surface area contributed by atoms with E-state index in [2.05, 4.69) is 4.98 Å². The largest absolute Gasteiger partial charge is 0.321 e. The molecule has 0 radical (unpaired) electrons. The molecule has 70 valence electrons. The predicted octanol–water partition coefficient (Wildman–Crippen LogP) is 0.890. The van der Waals surface area contributed by atoms with Crippen molar-refractivity contribution >= 4 is 5.78 Å². The fourth-order valence-corrected chi connectivity index (χ4v) is 0.874. The lowest BCUT2D eigenvalue weighted by atomic mass is 10.1.